The number of urea groups is 1. The van der Waals surface area contributed by atoms with Gasteiger partial charge in [0, 0.05) is 32.1 Å². The van der Waals surface area contributed by atoms with Crippen LogP contribution < -0.4 is 20.3 Å². The highest BCUT2D eigenvalue weighted by molar-refractivity contribution is 6.06. The summed E-state index contributed by atoms with van der Waals surface area (Å²) in [6.45, 7) is 7.67. The molecule has 0 bridgehead atoms. The van der Waals surface area contributed by atoms with Crippen LogP contribution in [-0.2, 0) is 9.59 Å². The number of imide groups is 1. The molecular weight excluding hydrogens is 360 g/mol. The molecule has 2 atom stereocenters. The average Bonchev–Trinajstić information content (AvgIpc) is 2.91. The van der Waals surface area contributed by atoms with Crippen molar-refractivity contribution >= 4 is 23.5 Å². The SMILES string of the molecule is COc1c(C)cccc1N1CCN(C(=O)CC[C@@]2(C)NC(=O)NC2=O)C[C@@H]1C. The number of hydrogen-bond acceptors (Lipinski definition) is 5. The first kappa shape index (κ1) is 20.0. The zero-order valence-electron chi connectivity index (χ0n) is 16.9. The van der Waals surface area contributed by atoms with E-state index in [2.05, 4.69) is 22.5 Å². The highest BCUT2D eigenvalue weighted by atomic mass is 16.5. The second-order valence-electron chi connectivity index (χ2n) is 7.75. The normalized spacial score (nSPS) is 24.8. The Morgan fingerprint density at radius 1 is 1.32 bits per heavy atom. The van der Waals surface area contributed by atoms with E-state index in [0.29, 0.717) is 19.6 Å². The number of nitrogens with one attached hydrogen (secondary N) is 2. The van der Waals surface area contributed by atoms with Gasteiger partial charge in [0.25, 0.3) is 5.91 Å². The minimum atomic E-state index is -1.02. The predicted molar refractivity (Wildman–Crippen MR) is 105 cm³/mol. The maximum absolute atomic E-state index is 12.7. The lowest BCUT2D eigenvalue weighted by molar-refractivity contribution is -0.132. The first-order valence-electron chi connectivity index (χ1n) is 9.57. The molecule has 2 aliphatic heterocycles. The molecule has 4 amide bonds. The van der Waals surface area contributed by atoms with Crippen LogP contribution in [0.3, 0.4) is 0 Å². The molecule has 28 heavy (non-hydrogen) atoms. The van der Waals surface area contributed by atoms with Crippen molar-refractivity contribution in [3.8, 4) is 5.75 Å². The van der Waals surface area contributed by atoms with E-state index in [1.807, 2.05) is 30.0 Å². The Hall–Kier alpha value is -2.77. The number of carbonyl (C=O) groups excluding carboxylic acids is 3. The fourth-order valence-electron chi connectivity index (χ4n) is 3.94. The fraction of sp³-hybridized carbons (Fsp3) is 0.550. The van der Waals surface area contributed by atoms with Gasteiger partial charge in [0.15, 0.2) is 0 Å². The van der Waals surface area contributed by atoms with Crippen molar-refractivity contribution in [3.63, 3.8) is 0 Å². The summed E-state index contributed by atoms with van der Waals surface area (Å²) in [7, 11) is 1.68. The van der Waals surface area contributed by atoms with E-state index in [9.17, 15) is 14.4 Å². The molecule has 2 saturated heterocycles. The smallest absolute Gasteiger partial charge is 0.322 e. The molecule has 1 aromatic carbocycles. The number of amides is 4. The summed E-state index contributed by atoms with van der Waals surface area (Å²) in [4.78, 5) is 40.0. The van der Waals surface area contributed by atoms with Crippen molar-refractivity contribution in [1.29, 1.82) is 0 Å². The topological polar surface area (TPSA) is 91.0 Å². The number of nitrogens with zero attached hydrogens (tertiary/aromatic N) is 2. The molecule has 3 rings (SSSR count). The molecule has 0 radical (unpaired) electrons. The summed E-state index contributed by atoms with van der Waals surface area (Å²) in [5, 5.41) is 4.83. The van der Waals surface area contributed by atoms with E-state index < -0.39 is 11.6 Å². The van der Waals surface area contributed by atoms with Crippen molar-refractivity contribution < 1.29 is 19.1 Å². The summed E-state index contributed by atoms with van der Waals surface area (Å²) in [6.07, 6.45) is 0.494. The molecule has 2 heterocycles. The number of carbonyl (C=O) groups is 3. The van der Waals surface area contributed by atoms with Crippen LogP contribution in [0.1, 0.15) is 32.3 Å². The molecule has 2 aliphatic rings. The number of para-hydroxylation sites is 1. The molecule has 8 nitrogen and oxygen atoms in total. The van der Waals surface area contributed by atoms with E-state index in [-0.39, 0.29) is 30.7 Å². The van der Waals surface area contributed by atoms with E-state index in [1.165, 1.54) is 0 Å². The van der Waals surface area contributed by atoms with Crippen LogP contribution in [0, 0.1) is 6.92 Å². The van der Waals surface area contributed by atoms with Gasteiger partial charge in [-0.2, -0.15) is 0 Å². The third-order valence-corrected chi connectivity index (χ3v) is 5.64. The first-order chi connectivity index (χ1) is 13.2. The van der Waals surface area contributed by atoms with Crippen LogP contribution >= 0.6 is 0 Å². The maximum atomic E-state index is 12.7. The zero-order valence-corrected chi connectivity index (χ0v) is 16.9. The molecule has 0 aliphatic carbocycles. The number of hydrogen-bond donors (Lipinski definition) is 2. The lowest BCUT2D eigenvalue weighted by atomic mass is 9.95. The second-order valence-corrected chi connectivity index (χ2v) is 7.75. The van der Waals surface area contributed by atoms with Gasteiger partial charge in [-0.1, -0.05) is 12.1 Å². The van der Waals surface area contributed by atoms with Gasteiger partial charge in [-0.3, -0.25) is 14.9 Å². The minimum absolute atomic E-state index is 0.00196. The van der Waals surface area contributed by atoms with Crippen LogP contribution in [-0.4, -0.2) is 61.1 Å². The number of methoxy groups -OCH3 is 1. The fourth-order valence-corrected chi connectivity index (χ4v) is 3.94. The quantitative estimate of drug-likeness (QED) is 0.745. The number of ether oxygens (including phenoxy) is 1. The number of anilines is 1. The molecule has 0 unspecified atom stereocenters. The van der Waals surface area contributed by atoms with E-state index in [4.69, 9.17) is 4.74 Å². The third kappa shape index (κ3) is 3.76. The summed E-state index contributed by atoms with van der Waals surface area (Å²) in [5.74, 6) is 0.484. The Bertz CT molecular complexity index is 796. The number of aryl methyl sites for hydroxylation is 1. The molecule has 0 aromatic heterocycles. The number of piperazine rings is 1. The van der Waals surface area contributed by atoms with Crippen LogP contribution in [0.4, 0.5) is 10.5 Å². The molecule has 0 spiro atoms. The van der Waals surface area contributed by atoms with Crippen LogP contribution in [0.5, 0.6) is 5.75 Å². The Morgan fingerprint density at radius 3 is 2.68 bits per heavy atom. The van der Waals surface area contributed by atoms with Crippen molar-refractivity contribution in [1.82, 2.24) is 15.5 Å². The summed E-state index contributed by atoms with van der Waals surface area (Å²) >= 11 is 0. The van der Waals surface area contributed by atoms with Crippen LogP contribution in [0.15, 0.2) is 18.2 Å². The van der Waals surface area contributed by atoms with Crippen molar-refractivity contribution in [3.05, 3.63) is 23.8 Å². The highest BCUT2D eigenvalue weighted by Crippen LogP contribution is 2.33. The van der Waals surface area contributed by atoms with Gasteiger partial charge >= 0.3 is 6.03 Å². The number of benzene rings is 1. The number of rotatable bonds is 5. The van der Waals surface area contributed by atoms with E-state index in [0.717, 1.165) is 17.0 Å². The van der Waals surface area contributed by atoms with Gasteiger partial charge in [0.2, 0.25) is 5.91 Å². The summed E-state index contributed by atoms with van der Waals surface area (Å²) in [6, 6.07) is 5.71. The lowest BCUT2D eigenvalue weighted by Crippen LogP contribution is -2.54. The van der Waals surface area contributed by atoms with Crippen molar-refractivity contribution in [2.75, 3.05) is 31.6 Å². The first-order valence-corrected chi connectivity index (χ1v) is 9.57. The molecule has 8 heteroatoms. The Balaban J connectivity index is 1.61. The molecule has 0 saturated carbocycles. The summed E-state index contributed by atoms with van der Waals surface area (Å²) in [5.41, 5.74) is 1.10. The second kappa shape index (κ2) is 7.69. The monoisotopic (exact) mass is 388 g/mol. The standard InChI is InChI=1S/C20H28N4O4/c1-13-6-5-7-15(17(13)28-4)24-11-10-23(12-14(24)2)16(25)8-9-20(3)18(26)21-19(27)22-20/h5-7,14H,8-12H2,1-4H3,(H2,21,22,26,27)/t14-,20+/m0/s1. The molecule has 2 fully saturated rings. The molecule has 2 N–H and O–H groups in total. The Morgan fingerprint density at radius 2 is 2.07 bits per heavy atom. The lowest BCUT2D eigenvalue weighted by Gasteiger charge is -2.42. The molecule has 152 valence electrons. The Kier molecular flexibility index (Phi) is 5.49. The van der Waals surface area contributed by atoms with Gasteiger partial charge in [0.1, 0.15) is 11.3 Å². The van der Waals surface area contributed by atoms with Crippen LogP contribution in [0.2, 0.25) is 0 Å². The third-order valence-electron chi connectivity index (χ3n) is 5.64. The average molecular weight is 388 g/mol. The van der Waals surface area contributed by atoms with E-state index in [1.54, 1.807) is 14.0 Å². The van der Waals surface area contributed by atoms with E-state index >= 15 is 0 Å². The maximum Gasteiger partial charge on any atom is 0.322 e. The predicted octanol–water partition coefficient (Wildman–Crippen LogP) is 1.42. The molecular formula is C20H28N4O4. The summed E-state index contributed by atoms with van der Waals surface area (Å²) < 4.78 is 5.58. The van der Waals surface area contributed by atoms with Gasteiger partial charge < -0.3 is 19.9 Å². The van der Waals surface area contributed by atoms with Crippen molar-refractivity contribution in [2.45, 2.75) is 45.2 Å². The largest absolute Gasteiger partial charge is 0.494 e. The van der Waals surface area contributed by atoms with Gasteiger partial charge in [0.05, 0.1) is 12.8 Å². The molecule has 1 aromatic rings. The van der Waals surface area contributed by atoms with Crippen LogP contribution in [0.25, 0.3) is 0 Å². The Labute approximate surface area is 165 Å². The minimum Gasteiger partial charge on any atom is -0.494 e. The highest BCUT2D eigenvalue weighted by Gasteiger charge is 2.42. The zero-order chi connectivity index (χ0) is 20.5. The van der Waals surface area contributed by atoms with Gasteiger partial charge in [-0.15, -0.1) is 0 Å². The van der Waals surface area contributed by atoms with Gasteiger partial charge in [-0.25, -0.2) is 4.79 Å². The van der Waals surface area contributed by atoms with Crippen molar-refractivity contribution in [2.24, 2.45) is 0 Å². The van der Waals surface area contributed by atoms with Gasteiger partial charge in [-0.05, 0) is 38.8 Å².